The van der Waals surface area contributed by atoms with E-state index in [1.54, 1.807) is 49.7 Å². The number of benzene rings is 2. The second-order valence-electron chi connectivity index (χ2n) is 10.7. The van der Waals surface area contributed by atoms with Crippen LogP contribution in [0.1, 0.15) is 36.2 Å². The lowest BCUT2D eigenvalue weighted by molar-refractivity contribution is -0.937. The summed E-state index contributed by atoms with van der Waals surface area (Å²) >= 11 is 0. The molecule has 3 aromatic rings. The maximum absolute atomic E-state index is 13.6. The molecule has 2 heterocycles. The number of likely N-dealkylation sites (N-methyl/N-ethyl adjacent to an activating group) is 1. The van der Waals surface area contributed by atoms with E-state index in [2.05, 4.69) is 24.4 Å². The van der Waals surface area contributed by atoms with Gasteiger partial charge >= 0.3 is 11.7 Å². The van der Waals surface area contributed by atoms with Crippen LogP contribution in [0.5, 0.6) is 0 Å². The third kappa shape index (κ3) is 6.46. The fraction of sp³-hybridized carbons (Fsp3) is 0.379. The smallest absolute Gasteiger partial charge is 0.335 e. The van der Waals surface area contributed by atoms with Gasteiger partial charge in [0.15, 0.2) is 0 Å². The van der Waals surface area contributed by atoms with Crippen LogP contribution in [-0.2, 0) is 47.3 Å². The minimum atomic E-state index is -0.744. The van der Waals surface area contributed by atoms with E-state index in [0.717, 1.165) is 28.8 Å². The van der Waals surface area contributed by atoms with Gasteiger partial charge in [0.05, 0.1) is 37.3 Å². The fourth-order valence-corrected chi connectivity index (χ4v) is 5.17. The molecule has 39 heavy (non-hydrogen) atoms. The van der Waals surface area contributed by atoms with Crippen LogP contribution in [0.4, 0.5) is 0 Å². The summed E-state index contributed by atoms with van der Waals surface area (Å²) in [7, 11) is 5.06. The van der Waals surface area contributed by atoms with Crippen LogP contribution in [-0.4, -0.2) is 58.9 Å². The molecule has 0 spiro atoms. The number of hydrogen-bond acceptors (Lipinski definition) is 6. The van der Waals surface area contributed by atoms with Crippen LogP contribution in [0.15, 0.2) is 64.2 Å². The van der Waals surface area contributed by atoms with Crippen LogP contribution in [0.2, 0.25) is 0 Å². The van der Waals surface area contributed by atoms with E-state index < -0.39 is 12.0 Å². The van der Waals surface area contributed by atoms with E-state index in [4.69, 9.17) is 4.74 Å². The first-order valence-corrected chi connectivity index (χ1v) is 13.2. The Balaban J connectivity index is 1.59. The minimum absolute atomic E-state index is 0.269. The molecule has 0 amide bonds. The molecule has 1 unspecified atom stereocenters. The molecule has 4 rings (SSSR count). The largest absolute Gasteiger partial charge is 0.462 e. The predicted molar refractivity (Wildman–Crippen MR) is 150 cm³/mol. The van der Waals surface area contributed by atoms with Crippen LogP contribution in [0, 0.1) is 0 Å². The van der Waals surface area contributed by atoms with Crippen molar-refractivity contribution < 1.29 is 18.8 Å². The molecule has 1 N–H and O–H groups in total. The second-order valence-corrected chi connectivity index (χ2v) is 10.7. The van der Waals surface area contributed by atoms with Crippen LogP contribution in [0.25, 0.3) is 5.69 Å². The molecular weight excluding hydrogens is 495 g/mol. The van der Waals surface area contributed by atoms with Crippen molar-refractivity contribution in [2.75, 3.05) is 13.6 Å². The lowest BCUT2D eigenvalue weighted by Gasteiger charge is -2.39. The molecular formula is C29H35BN4O5+. The summed E-state index contributed by atoms with van der Waals surface area (Å²) < 4.78 is 8.83. The third-order valence-corrected chi connectivity index (χ3v) is 7.17. The molecule has 1 aliphatic heterocycles. The highest BCUT2D eigenvalue weighted by atomic mass is 16.5. The van der Waals surface area contributed by atoms with Crippen molar-refractivity contribution in [3.8, 4) is 5.69 Å². The lowest BCUT2D eigenvalue weighted by Crippen LogP contribution is -2.52. The first kappa shape index (κ1) is 28.3. The average molecular weight is 530 g/mol. The predicted octanol–water partition coefficient (Wildman–Crippen LogP) is 1.50. The fourth-order valence-electron chi connectivity index (χ4n) is 5.17. The van der Waals surface area contributed by atoms with E-state index in [1.165, 1.54) is 17.5 Å². The molecule has 203 valence electrons. The number of quaternary nitrogens is 1. The zero-order valence-electron chi connectivity index (χ0n) is 22.9. The van der Waals surface area contributed by atoms with Gasteiger partial charge in [-0.1, -0.05) is 42.5 Å². The van der Waals surface area contributed by atoms with Gasteiger partial charge in [-0.05, 0) is 38.0 Å². The molecule has 1 aromatic heterocycles. The number of hydrogen-bond donors (Lipinski definition) is 1. The number of nitrogens with zero attached hydrogens (tertiary/aromatic N) is 3. The Bertz CT molecular complexity index is 1450. The summed E-state index contributed by atoms with van der Waals surface area (Å²) in [5.74, 6) is -0.468. The van der Waals surface area contributed by atoms with Gasteiger partial charge in [0, 0.05) is 24.6 Å². The number of nitrogens with one attached hydrogen (secondary N) is 1. The van der Waals surface area contributed by atoms with Gasteiger partial charge in [-0.25, -0.2) is 9.36 Å². The van der Waals surface area contributed by atoms with Crippen LogP contribution >= 0.6 is 0 Å². The van der Waals surface area contributed by atoms with Crippen molar-refractivity contribution in [3.05, 3.63) is 97.8 Å². The molecule has 9 nitrogen and oxygen atoms in total. The topological polar surface area (TPSA) is 99.4 Å². The first-order valence-electron chi connectivity index (χ1n) is 13.2. The van der Waals surface area contributed by atoms with Crippen molar-refractivity contribution in [1.29, 1.82) is 0 Å². The summed E-state index contributed by atoms with van der Waals surface area (Å²) in [6, 6.07) is 16.5. The molecule has 10 heteroatoms. The summed E-state index contributed by atoms with van der Waals surface area (Å²) in [4.78, 5) is 50.2. The van der Waals surface area contributed by atoms with E-state index in [9.17, 15) is 19.2 Å². The summed E-state index contributed by atoms with van der Waals surface area (Å²) in [5, 5.41) is 2.77. The van der Waals surface area contributed by atoms with Gasteiger partial charge in [-0.3, -0.25) is 14.2 Å². The summed E-state index contributed by atoms with van der Waals surface area (Å²) in [6.07, 6.45) is 1.13. The maximum Gasteiger partial charge on any atom is 0.335 e. The molecule has 2 atom stereocenters. The molecule has 1 radical (unpaired) electrons. The summed E-state index contributed by atoms with van der Waals surface area (Å²) in [5.41, 5.74) is 3.26. The molecule has 0 bridgehead atoms. The second kappa shape index (κ2) is 12.0. The quantitative estimate of drug-likeness (QED) is 0.185. The van der Waals surface area contributed by atoms with Gasteiger partial charge < -0.3 is 19.2 Å². The van der Waals surface area contributed by atoms with Gasteiger partial charge in [-0.15, -0.1) is 0 Å². The maximum atomic E-state index is 13.6. The molecule has 0 saturated heterocycles. The first-order chi connectivity index (χ1) is 18.6. The molecule has 0 fully saturated rings. The third-order valence-electron chi connectivity index (χ3n) is 7.17. The molecule has 2 aromatic carbocycles. The average Bonchev–Trinajstić information content (AvgIpc) is 2.90. The molecule has 0 saturated carbocycles. The van der Waals surface area contributed by atoms with Gasteiger partial charge in [0.2, 0.25) is 0 Å². The van der Waals surface area contributed by atoms with Crippen LogP contribution in [0.3, 0.4) is 0 Å². The number of esters is 1. The van der Waals surface area contributed by atoms with Crippen LogP contribution < -0.4 is 16.5 Å². The molecule has 1 aliphatic rings. The number of fused-ring (bicyclic) bond motifs is 1. The zero-order valence-corrected chi connectivity index (χ0v) is 22.9. The van der Waals surface area contributed by atoms with E-state index >= 15 is 0 Å². The van der Waals surface area contributed by atoms with Crippen molar-refractivity contribution >= 4 is 19.6 Å². The number of carbonyl (C=O) groups excluding carboxylic acids is 2. The van der Waals surface area contributed by atoms with Crippen molar-refractivity contribution in [1.82, 2.24) is 14.4 Å². The van der Waals surface area contributed by atoms with Gasteiger partial charge in [-0.2, -0.15) is 0 Å². The number of ether oxygens (including phenoxy) is 1. The lowest BCUT2D eigenvalue weighted by atomic mass is 9.94. The Kier molecular flexibility index (Phi) is 8.67. The highest BCUT2D eigenvalue weighted by Crippen LogP contribution is 2.24. The van der Waals surface area contributed by atoms with Gasteiger partial charge in [0.25, 0.3) is 13.0 Å². The van der Waals surface area contributed by atoms with Crippen molar-refractivity contribution in [2.45, 2.75) is 51.9 Å². The summed E-state index contributed by atoms with van der Waals surface area (Å²) in [6.45, 7) is 5.74. The standard InChI is InChI=1S/C29H35BN4O5/c1-20(2)39-28(37)25(31-30-19-35)16-21-10-12-23(13-11-21)33-27(36)24-14-15-34(4,17-22-8-6-5-7-9-22)18-26(24)32(3)29(33)38/h5-13,19-20,25,31H,14-18H2,1-4H3/q+1/t25-,34?/m0/s1. The Morgan fingerprint density at radius 3 is 2.44 bits per heavy atom. The van der Waals surface area contributed by atoms with Crippen molar-refractivity contribution in [3.63, 3.8) is 0 Å². The Hall–Kier alpha value is -3.76. The Morgan fingerprint density at radius 2 is 1.79 bits per heavy atom. The van der Waals surface area contributed by atoms with Crippen molar-refractivity contribution in [2.24, 2.45) is 7.05 Å². The van der Waals surface area contributed by atoms with E-state index in [-0.39, 0.29) is 23.8 Å². The number of aromatic nitrogens is 2. The van der Waals surface area contributed by atoms with E-state index in [1.807, 2.05) is 18.2 Å². The molecule has 0 aliphatic carbocycles. The van der Waals surface area contributed by atoms with Gasteiger partial charge in [0.1, 0.15) is 19.1 Å². The Labute approximate surface area is 228 Å². The van der Waals surface area contributed by atoms with E-state index in [0.29, 0.717) is 30.4 Å². The highest BCUT2D eigenvalue weighted by molar-refractivity contribution is 6.64. The monoisotopic (exact) mass is 530 g/mol. The highest BCUT2D eigenvalue weighted by Gasteiger charge is 2.33. The zero-order chi connectivity index (χ0) is 28.2. The Morgan fingerprint density at radius 1 is 1.10 bits per heavy atom. The number of carbonyl (C=O) groups is 2. The minimum Gasteiger partial charge on any atom is -0.462 e. The number of rotatable bonds is 10. The SMILES string of the molecule is CC(C)OC(=O)[C@H](Cc1ccc(-n2c(=O)c3c(n(C)c2=O)C[N+](C)(Cc2ccccc2)CC3)cc1)N[B]C=O. The normalized spacial score (nSPS) is 17.4.